The molecule has 2 N–H and O–H groups in total. The zero-order valence-electron chi connectivity index (χ0n) is 12.9. The zero-order valence-corrected chi connectivity index (χ0v) is 13.7. The van der Waals surface area contributed by atoms with Crippen molar-refractivity contribution < 1.29 is 4.74 Å². The van der Waals surface area contributed by atoms with Crippen LogP contribution in [0.1, 0.15) is 31.0 Å². The van der Waals surface area contributed by atoms with Crippen LogP contribution in [0.25, 0.3) is 0 Å². The third-order valence-electron chi connectivity index (χ3n) is 4.24. The maximum absolute atomic E-state index is 5.99. The molecular formula is C14H27ClN4O. The van der Waals surface area contributed by atoms with Crippen LogP contribution in [0.2, 0.25) is 0 Å². The molecule has 1 atom stereocenters. The summed E-state index contributed by atoms with van der Waals surface area (Å²) in [7, 11) is 3.64. The van der Waals surface area contributed by atoms with Crippen molar-refractivity contribution in [1.82, 2.24) is 14.7 Å². The molecule has 0 amide bonds. The molecule has 2 rings (SSSR count). The zero-order chi connectivity index (χ0) is 14.0. The molecule has 5 nitrogen and oxygen atoms in total. The normalized spacial score (nSPS) is 18.6. The van der Waals surface area contributed by atoms with Crippen molar-refractivity contribution in [3.8, 4) is 5.88 Å². The van der Waals surface area contributed by atoms with Crippen molar-refractivity contribution in [2.75, 3.05) is 20.2 Å². The van der Waals surface area contributed by atoms with Gasteiger partial charge in [-0.3, -0.25) is 4.90 Å². The number of aromatic nitrogens is 2. The first-order chi connectivity index (χ1) is 9.02. The summed E-state index contributed by atoms with van der Waals surface area (Å²) in [5, 5.41) is 4.44. The fourth-order valence-corrected chi connectivity index (χ4v) is 2.98. The van der Waals surface area contributed by atoms with Gasteiger partial charge in [0.05, 0.1) is 18.4 Å². The molecule has 116 valence electrons. The summed E-state index contributed by atoms with van der Waals surface area (Å²) < 4.78 is 7.27. The molecule has 20 heavy (non-hydrogen) atoms. The van der Waals surface area contributed by atoms with E-state index in [9.17, 15) is 0 Å². The molecule has 0 radical (unpaired) electrons. The molecule has 0 aliphatic carbocycles. The summed E-state index contributed by atoms with van der Waals surface area (Å²) in [5.41, 5.74) is 8.26. The van der Waals surface area contributed by atoms with Crippen LogP contribution in [-0.2, 0) is 13.6 Å². The monoisotopic (exact) mass is 302 g/mol. The quantitative estimate of drug-likeness (QED) is 0.920. The Morgan fingerprint density at radius 3 is 2.50 bits per heavy atom. The van der Waals surface area contributed by atoms with Gasteiger partial charge >= 0.3 is 0 Å². The minimum atomic E-state index is 0. The predicted molar refractivity (Wildman–Crippen MR) is 83.4 cm³/mol. The number of rotatable bonds is 4. The van der Waals surface area contributed by atoms with E-state index in [1.165, 1.54) is 18.4 Å². The number of nitrogens with two attached hydrogens (primary N) is 1. The fourth-order valence-electron chi connectivity index (χ4n) is 2.98. The minimum absolute atomic E-state index is 0. The molecule has 2 heterocycles. The van der Waals surface area contributed by atoms with Gasteiger partial charge in [-0.05, 0) is 45.7 Å². The van der Waals surface area contributed by atoms with Crippen LogP contribution in [0.3, 0.4) is 0 Å². The lowest BCUT2D eigenvalue weighted by atomic mass is 9.91. The lowest BCUT2D eigenvalue weighted by molar-refractivity contribution is 0.164. The van der Waals surface area contributed by atoms with Crippen LogP contribution >= 0.6 is 12.4 Å². The van der Waals surface area contributed by atoms with E-state index in [1.807, 2.05) is 18.7 Å². The summed E-state index contributed by atoms with van der Waals surface area (Å²) >= 11 is 0. The van der Waals surface area contributed by atoms with Crippen molar-refractivity contribution in [1.29, 1.82) is 0 Å². The van der Waals surface area contributed by atoms with Crippen LogP contribution in [0.15, 0.2) is 0 Å². The molecule has 1 fully saturated rings. The van der Waals surface area contributed by atoms with Crippen LogP contribution in [0, 0.1) is 12.8 Å². The van der Waals surface area contributed by atoms with E-state index in [-0.39, 0.29) is 12.4 Å². The second-order valence-electron chi connectivity index (χ2n) is 5.67. The number of likely N-dealkylation sites (tertiary alicyclic amines) is 1. The predicted octanol–water partition coefficient (Wildman–Crippen LogP) is 1.72. The average molecular weight is 303 g/mol. The van der Waals surface area contributed by atoms with E-state index < -0.39 is 0 Å². The lowest BCUT2D eigenvalue weighted by Crippen LogP contribution is -2.39. The number of methoxy groups -OCH3 is 1. The first-order valence-corrected chi connectivity index (χ1v) is 7.07. The highest BCUT2D eigenvalue weighted by Crippen LogP contribution is 2.26. The van der Waals surface area contributed by atoms with Gasteiger partial charge in [-0.15, -0.1) is 12.4 Å². The molecule has 1 aliphatic heterocycles. The van der Waals surface area contributed by atoms with E-state index in [1.54, 1.807) is 7.11 Å². The first-order valence-electron chi connectivity index (χ1n) is 7.07. The molecular weight excluding hydrogens is 276 g/mol. The Hall–Kier alpha value is -0.780. The molecule has 1 aromatic heterocycles. The number of piperidine rings is 1. The maximum Gasteiger partial charge on any atom is 0.216 e. The Bertz CT molecular complexity index is 425. The van der Waals surface area contributed by atoms with Crippen LogP contribution < -0.4 is 10.5 Å². The molecule has 1 aromatic rings. The second-order valence-corrected chi connectivity index (χ2v) is 5.67. The Balaban J connectivity index is 0.00000200. The third-order valence-corrected chi connectivity index (χ3v) is 4.24. The molecule has 1 unspecified atom stereocenters. The van der Waals surface area contributed by atoms with Crippen LogP contribution in [0.5, 0.6) is 5.88 Å². The number of nitrogens with zero attached hydrogens (tertiary/aromatic N) is 3. The highest BCUT2D eigenvalue weighted by atomic mass is 35.5. The highest BCUT2D eigenvalue weighted by molar-refractivity contribution is 5.85. The van der Waals surface area contributed by atoms with Gasteiger partial charge < -0.3 is 10.5 Å². The first kappa shape index (κ1) is 17.3. The lowest BCUT2D eigenvalue weighted by Gasteiger charge is -2.33. The van der Waals surface area contributed by atoms with Crippen molar-refractivity contribution in [3.63, 3.8) is 0 Å². The Labute approximate surface area is 127 Å². The molecule has 1 aliphatic rings. The minimum Gasteiger partial charge on any atom is -0.481 e. The molecule has 0 spiro atoms. The van der Waals surface area contributed by atoms with E-state index in [2.05, 4.69) is 16.9 Å². The smallest absolute Gasteiger partial charge is 0.216 e. The van der Waals surface area contributed by atoms with Gasteiger partial charge in [0.25, 0.3) is 0 Å². The van der Waals surface area contributed by atoms with Gasteiger partial charge in [-0.2, -0.15) is 5.10 Å². The molecule has 0 bridgehead atoms. The Morgan fingerprint density at radius 2 is 2.00 bits per heavy atom. The van der Waals surface area contributed by atoms with E-state index in [0.717, 1.165) is 31.2 Å². The molecule has 0 saturated carbocycles. The van der Waals surface area contributed by atoms with E-state index in [4.69, 9.17) is 10.5 Å². The number of aryl methyl sites for hydroxylation is 2. The molecule has 6 heteroatoms. The maximum atomic E-state index is 5.99. The summed E-state index contributed by atoms with van der Waals surface area (Å²) in [6.45, 7) is 7.32. The SMILES string of the molecule is COc1c(CN2CCC(C(C)N)CC2)c(C)nn1C.Cl. The van der Waals surface area contributed by atoms with Gasteiger partial charge in [0.15, 0.2) is 0 Å². The van der Waals surface area contributed by atoms with Crippen LogP contribution in [-0.4, -0.2) is 40.9 Å². The Kier molecular flexibility index (Phi) is 6.30. The van der Waals surface area contributed by atoms with Crippen molar-refractivity contribution in [2.45, 2.75) is 39.3 Å². The Morgan fingerprint density at radius 1 is 1.40 bits per heavy atom. The van der Waals surface area contributed by atoms with Crippen molar-refractivity contribution in [3.05, 3.63) is 11.3 Å². The molecule has 0 aromatic carbocycles. The van der Waals surface area contributed by atoms with Gasteiger partial charge in [-0.25, -0.2) is 4.68 Å². The van der Waals surface area contributed by atoms with Crippen molar-refractivity contribution in [2.24, 2.45) is 18.7 Å². The highest BCUT2D eigenvalue weighted by Gasteiger charge is 2.24. The number of hydrogen-bond acceptors (Lipinski definition) is 4. The van der Waals surface area contributed by atoms with E-state index >= 15 is 0 Å². The summed E-state index contributed by atoms with van der Waals surface area (Å²) in [6.07, 6.45) is 2.39. The fraction of sp³-hybridized carbons (Fsp3) is 0.786. The van der Waals surface area contributed by atoms with Gasteiger partial charge in [0.2, 0.25) is 5.88 Å². The topological polar surface area (TPSA) is 56.3 Å². The number of hydrogen-bond donors (Lipinski definition) is 1. The largest absolute Gasteiger partial charge is 0.481 e. The van der Waals surface area contributed by atoms with Crippen molar-refractivity contribution >= 4 is 12.4 Å². The summed E-state index contributed by atoms with van der Waals surface area (Å²) in [6, 6.07) is 0.316. The van der Waals surface area contributed by atoms with Crippen LogP contribution in [0.4, 0.5) is 0 Å². The summed E-state index contributed by atoms with van der Waals surface area (Å²) in [5.74, 6) is 1.56. The average Bonchev–Trinajstić information content (AvgIpc) is 2.64. The molecule has 1 saturated heterocycles. The second kappa shape index (κ2) is 7.29. The summed E-state index contributed by atoms with van der Waals surface area (Å²) in [4.78, 5) is 2.48. The van der Waals surface area contributed by atoms with Gasteiger partial charge in [0.1, 0.15) is 0 Å². The van der Waals surface area contributed by atoms with Gasteiger partial charge in [0, 0.05) is 19.6 Å². The standard InChI is InChI=1S/C14H26N4O.ClH/c1-10(15)12-5-7-18(8-6-12)9-13-11(2)16-17(3)14(13)19-4;/h10,12H,5-9,15H2,1-4H3;1H. The number of halogens is 1. The third kappa shape index (κ3) is 3.65. The number of ether oxygens (including phenoxy) is 1. The van der Waals surface area contributed by atoms with Gasteiger partial charge in [-0.1, -0.05) is 0 Å². The van der Waals surface area contributed by atoms with E-state index in [0.29, 0.717) is 12.0 Å².